The molecule has 6 nitrogen and oxygen atoms in total. The third-order valence-electron chi connectivity index (χ3n) is 1.89. The molecule has 0 spiro atoms. The number of nitriles is 1. The first kappa shape index (κ1) is 11.7. The van der Waals surface area contributed by atoms with E-state index in [2.05, 4.69) is 5.32 Å². The summed E-state index contributed by atoms with van der Waals surface area (Å²) >= 11 is 0. The van der Waals surface area contributed by atoms with Crippen LogP contribution in [-0.2, 0) is 0 Å². The van der Waals surface area contributed by atoms with Gasteiger partial charge in [-0.15, -0.1) is 0 Å². The maximum atomic E-state index is 11.6. The van der Waals surface area contributed by atoms with Gasteiger partial charge in [-0.1, -0.05) is 12.1 Å². The van der Waals surface area contributed by atoms with Crippen LogP contribution in [0.2, 0.25) is 0 Å². The highest BCUT2D eigenvalue weighted by molar-refractivity contribution is 5.98. The third kappa shape index (κ3) is 2.54. The smallest absolute Gasteiger partial charge is 0.282 e. The van der Waals surface area contributed by atoms with Crippen LogP contribution in [0.4, 0.5) is 5.69 Å². The Morgan fingerprint density at radius 1 is 1.56 bits per heavy atom. The molecule has 0 aliphatic carbocycles. The number of nitro benzene ring substituents is 1. The number of nitro groups is 1. The molecule has 1 aromatic carbocycles. The van der Waals surface area contributed by atoms with Gasteiger partial charge in [0.2, 0.25) is 0 Å². The average molecular weight is 219 g/mol. The van der Waals surface area contributed by atoms with E-state index >= 15 is 0 Å². The lowest BCUT2D eigenvalue weighted by atomic mass is 10.1. The third-order valence-corrected chi connectivity index (χ3v) is 1.89. The number of rotatable bonds is 3. The van der Waals surface area contributed by atoms with E-state index in [-0.39, 0.29) is 11.3 Å². The molecule has 1 N–H and O–H groups in total. The van der Waals surface area contributed by atoms with Crippen molar-refractivity contribution < 1.29 is 9.72 Å². The van der Waals surface area contributed by atoms with Crippen molar-refractivity contribution in [1.82, 2.24) is 5.32 Å². The van der Waals surface area contributed by atoms with E-state index in [0.717, 1.165) is 0 Å². The van der Waals surface area contributed by atoms with Gasteiger partial charge in [-0.05, 0) is 13.0 Å². The van der Waals surface area contributed by atoms with Crippen LogP contribution < -0.4 is 5.32 Å². The molecule has 1 aromatic rings. The summed E-state index contributed by atoms with van der Waals surface area (Å²) in [5.41, 5.74) is -0.320. The molecule has 0 aliphatic rings. The number of nitrogens with zero attached hydrogens (tertiary/aromatic N) is 2. The Bertz CT molecular complexity index is 465. The number of hydrogen-bond acceptors (Lipinski definition) is 4. The molecule has 1 rings (SSSR count). The molecule has 0 aromatic heterocycles. The summed E-state index contributed by atoms with van der Waals surface area (Å²) in [5, 5.41) is 21.5. The van der Waals surface area contributed by atoms with E-state index in [4.69, 9.17) is 5.26 Å². The van der Waals surface area contributed by atoms with E-state index in [1.807, 2.05) is 6.07 Å². The van der Waals surface area contributed by atoms with Gasteiger partial charge in [-0.25, -0.2) is 0 Å². The Balaban J connectivity index is 3.00. The minimum Gasteiger partial charge on any atom is -0.336 e. The highest BCUT2D eigenvalue weighted by Gasteiger charge is 2.19. The van der Waals surface area contributed by atoms with Crippen LogP contribution in [0.3, 0.4) is 0 Å². The van der Waals surface area contributed by atoms with E-state index in [0.29, 0.717) is 0 Å². The highest BCUT2D eigenvalue weighted by atomic mass is 16.6. The fourth-order valence-electron chi connectivity index (χ4n) is 1.13. The van der Waals surface area contributed by atoms with Crippen molar-refractivity contribution in [3.8, 4) is 6.07 Å². The van der Waals surface area contributed by atoms with Gasteiger partial charge in [0.25, 0.3) is 11.6 Å². The molecule has 0 fully saturated rings. The van der Waals surface area contributed by atoms with E-state index in [1.54, 1.807) is 0 Å². The molecule has 0 aliphatic heterocycles. The molecule has 1 atom stereocenters. The summed E-state index contributed by atoms with van der Waals surface area (Å²) in [6.45, 7) is 1.49. The van der Waals surface area contributed by atoms with Gasteiger partial charge >= 0.3 is 0 Å². The Morgan fingerprint density at radius 3 is 2.75 bits per heavy atom. The molecule has 0 bridgehead atoms. The number of amides is 1. The summed E-state index contributed by atoms with van der Waals surface area (Å²) in [6, 6.07) is 6.71. The molecule has 6 heteroatoms. The van der Waals surface area contributed by atoms with Crippen molar-refractivity contribution in [2.45, 2.75) is 13.0 Å². The highest BCUT2D eigenvalue weighted by Crippen LogP contribution is 2.17. The van der Waals surface area contributed by atoms with Gasteiger partial charge in [0.1, 0.15) is 11.6 Å². The molecule has 82 valence electrons. The second-order valence-electron chi connectivity index (χ2n) is 3.10. The van der Waals surface area contributed by atoms with Crippen LogP contribution in [0.1, 0.15) is 17.3 Å². The molecule has 16 heavy (non-hydrogen) atoms. The molecule has 0 saturated heterocycles. The van der Waals surface area contributed by atoms with Crippen LogP contribution in [-0.4, -0.2) is 16.9 Å². The Morgan fingerprint density at radius 2 is 2.19 bits per heavy atom. The van der Waals surface area contributed by atoms with Crippen molar-refractivity contribution in [1.29, 1.82) is 5.26 Å². The Kier molecular flexibility index (Phi) is 3.56. The van der Waals surface area contributed by atoms with Crippen LogP contribution in [0.15, 0.2) is 24.3 Å². The standard InChI is InChI=1S/C10H9N3O3/c1-7(6-11)12-10(14)8-4-2-3-5-9(8)13(15)16/h2-5,7H,1H3,(H,12,14). The van der Waals surface area contributed by atoms with Gasteiger partial charge < -0.3 is 5.32 Å². The number of para-hydroxylation sites is 1. The van der Waals surface area contributed by atoms with Crippen molar-refractivity contribution in [2.75, 3.05) is 0 Å². The van der Waals surface area contributed by atoms with Crippen molar-refractivity contribution in [3.63, 3.8) is 0 Å². The number of nitrogens with one attached hydrogen (secondary N) is 1. The zero-order valence-corrected chi connectivity index (χ0v) is 8.51. The summed E-state index contributed by atoms with van der Waals surface area (Å²) in [7, 11) is 0. The maximum Gasteiger partial charge on any atom is 0.282 e. The van der Waals surface area contributed by atoms with Crippen molar-refractivity contribution >= 4 is 11.6 Å². The quantitative estimate of drug-likeness (QED) is 0.610. The second-order valence-corrected chi connectivity index (χ2v) is 3.10. The molecule has 0 heterocycles. The summed E-state index contributed by atoms with van der Waals surface area (Å²) < 4.78 is 0. The fraction of sp³-hybridized carbons (Fsp3) is 0.200. The first-order valence-electron chi connectivity index (χ1n) is 4.50. The van der Waals surface area contributed by atoms with E-state index < -0.39 is 16.9 Å². The average Bonchev–Trinajstić information content (AvgIpc) is 2.28. The fourth-order valence-corrected chi connectivity index (χ4v) is 1.13. The number of hydrogen-bond donors (Lipinski definition) is 1. The topological polar surface area (TPSA) is 96.0 Å². The van der Waals surface area contributed by atoms with Crippen LogP contribution in [0.25, 0.3) is 0 Å². The van der Waals surface area contributed by atoms with Gasteiger partial charge in [0, 0.05) is 6.07 Å². The number of carbonyl (C=O) groups is 1. The van der Waals surface area contributed by atoms with Gasteiger partial charge in [-0.3, -0.25) is 14.9 Å². The molecular formula is C10H9N3O3. The molecule has 1 amide bonds. The van der Waals surface area contributed by atoms with Crippen LogP contribution >= 0.6 is 0 Å². The minimum absolute atomic E-state index is 0.0467. The lowest BCUT2D eigenvalue weighted by Crippen LogP contribution is -2.31. The Hall–Kier alpha value is -2.42. The summed E-state index contributed by atoms with van der Waals surface area (Å²) in [5.74, 6) is -0.624. The van der Waals surface area contributed by atoms with E-state index in [9.17, 15) is 14.9 Å². The zero-order valence-electron chi connectivity index (χ0n) is 8.51. The number of benzene rings is 1. The lowest BCUT2D eigenvalue weighted by Gasteiger charge is -2.06. The van der Waals surface area contributed by atoms with Crippen molar-refractivity contribution in [2.24, 2.45) is 0 Å². The maximum absolute atomic E-state index is 11.6. The zero-order chi connectivity index (χ0) is 12.1. The first-order chi connectivity index (χ1) is 7.56. The van der Waals surface area contributed by atoms with Gasteiger partial charge in [0.05, 0.1) is 11.0 Å². The Labute approximate surface area is 91.6 Å². The molecule has 1 unspecified atom stereocenters. The normalized spacial score (nSPS) is 11.2. The summed E-state index contributed by atoms with van der Waals surface area (Å²) in [4.78, 5) is 21.6. The van der Waals surface area contributed by atoms with Gasteiger partial charge in [0.15, 0.2) is 0 Å². The predicted molar refractivity (Wildman–Crippen MR) is 55.6 cm³/mol. The van der Waals surface area contributed by atoms with E-state index in [1.165, 1.54) is 31.2 Å². The van der Waals surface area contributed by atoms with Gasteiger partial charge in [-0.2, -0.15) is 5.26 Å². The number of carbonyl (C=O) groups excluding carboxylic acids is 1. The summed E-state index contributed by atoms with van der Waals surface area (Å²) in [6.07, 6.45) is 0. The molecule has 0 radical (unpaired) electrons. The lowest BCUT2D eigenvalue weighted by molar-refractivity contribution is -0.385. The van der Waals surface area contributed by atoms with Crippen LogP contribution in [0.5, 0.6) is 0 Å². The molecule has 0 saturated carbocycles. The monoisotopic (exact) mass is 219 g/mol. The van der Waals surface area contributed by atoms with Crippen molar-refractivity contribution in [3.05, 3.63) is 39.9 Å². The van der Waals surface area contributed by atoms with Crippen LogP contribution in [0, 0.1) is 21.4 Å². The predicted octanol–water partition coefficient (Wildman–Crippen LogP) is 1.24. The second kappa shape index (κ2) is 4.89. The minimum atomic E-state index is -0.688. The SMILES string of the molecule is CC(C#N)NC(=O)c1ccccc1[N+](=O)[O-]. The molecular weight excluding hydrogens is 210 g/mol. The first-order valence-corrected chi connectivity index (χ1v) is 4.50. The largest absolute Gasteiger partial charge is 0.336 e.